The van der Waals surface area contributed by atoms with Gasteiger partial charge in [0.05, 0.1) is 25.4 Å². The summed E-state index contributed by atoms with van der Waals surface area (Å²) in [7, 11) is 0. The Hall–Kier alpha value is -1.39. The van der Waals surface area contributed by atoms with Gasteiger partial charge in [0.25, 0.3) is 0 Å². The van der Waals surface area contributed by atoms with Crippen LogP contribution in [0.15, 0.2) is 24.3 Å². The van der Waals surface area contributed by atoms with E-state index < -0.39 is 0 Å². The van der Waals surface area contributed by atoms with Gasteiger partial charge in [0.2, 0.25) is 0 Å². The molecule has 1 aromatic rings. The molecule has 18 heavy (non-hydrogen) atoms. The highest BCUT2D eigenvalue weighted by atomic mass is 16.6. The highest BCUT2D eigenvalue weighted by molar-refractivity contribution is 5.89. The topological polar surface area (TPSA) is 44.8 Å². The van der Waals surface area contributed by atoms with Crippen molar-refractivity contribution < 1.29 is 19.0 Å². The summed E-state index contributed by atoms with van der Waals surface area (Å²) in [5.41, 5.74) is 1.68. The highest BCUT2D eigenvalue weighted by Gasteiger charge is 2.05. The first-order chi connectivity index (χ1) is 8.74. The fourth-order valence-electron chi connectivity index (χ4n) is 1.33. The van der Waals surface area contributed by atoms with Crippen LogP contribution in [0.1, 0.15) is 22.8 Å². The Morgan fingerprint density at radius 1 is 1.00 bits per heavy atom. The minimum atomic E-state index is -0.316. The minimum absolute atomic E-state index is 0.263. The molecule has 0 amide bonds. The van der Waals surface area contributed by atoms with E-state index in [9.17, 15) is 4.79 Å². The van der Waals surface area contributed by atoms with Crippen LogP contribution in [0, 0.1) is 6.92 Å². The quantitative estimate of drug-likeness (QED) is 0.525. The third-order valence-electron chi connectivity index (χ3n) is 2.32. The first-order valence-electron chi connectivity index (χ1n) is 6.13. The van der Waals surface area contributed by atoms with Crippen molar-refractivity contribution in [2.75, 3.05) is 33.0 Å². The number of hydrogen-bond donors (Lipinski definition) is 0. The summed E-state index contributed by atoms with van der Waals surface area (Å²) in [6.07, 6.45) is 0. The predicted molar refractivity (Wildman–Crippen MR) is 68.8 cm³/mol. The van der Waals surface area contributed by atoms with Gasteiger partial charge in [-0.05, 0) is 26.0 Å². The zero-order valence-electron chi connectivity index (χ0n) is 11.0. The number of ether oxygens (including phenoxy) is 3. The zero-order chi connectivity index (χ0) is 13.2. The standard InChI is InChI=1S/C14H20O4/c1-3-16-8-9-17-10-11-18-14(15)13-6-4-12(2)5-7-13/h4-7H,3,8-11H2,1-2H3. The van der Waals surface area contributed by atoms with E-state index in [0.717, 1.165) is 5.56 Å². The third-order valence-corrected chi connectivity index (χ3v) is 2.32. The van der Waals surface area contributed by atoms with Gasteiger partial charge in [-0.15, -0.1) is 0 Å². The van der Waals surface area contributed by atoms with Gasteiger partial charge in [0.15, 0.2) is 0 Å². The van der Waals surface area contributed by atoms with Crippen molar-refractivity contribution in [2.24, 2.45) is 0 Å². The summed E-state index contributed by atoms with van der Waals surface area (Å²) < 4.78 is 15.4. The molecule has 0 fully saturated rings. The molecule has 4 nitrogen and oxygen atoms in total. The Morgan fingerprint density at radius 3 is 2.28 bits per heavy atom. The smallest absolute Gasteiger partial charge is 0.338 e. The van der Waals surface area contributed by atoms with E-state index in [1.54, 1.807) is 12.1 Å². The second-order valence-electron chi connectivity index (χ2n) is 3.81. The number of rotatable bonds is 8. The third kappa shape index (κ3) is 5.80. The van der Waals surface area contributed by atoms with E-state index in [0.29, 0.717) is 32.0 Å². The molecule has 0 N–H and O–H groups in total. The summed E-state index contributed by atoms with van der Waals surface area (Å²) in [6.45, 7) is 6.35. The number of hydrogen-bond acceptors (Lipinski definition) is 4. The van der Waals surface area contributed by atoms with Crippen LogP contribution in [-0.4, -0.2) is 39.0 Å². The molecule has 0 atom stereocenters. The average Bonchev–Trinajstić information content (AvgIpc) is 2.38. The lowest BCUT2D eigenvalue weighted by Crippen LogP contribution is -2.13. The fraction of sp³-hybridized carbons (Fsp3) is 0.500. The van der Waals surface area contributed by atoms with Crippen molar-refractivity contribution in [2.45, 2.75) is 13.8 Å². The SMILES string of the molecule is CCOCCOCCOC(=O)c1ccc(C)cc1. The van der Waals surface area contributed by atoms with Gasteiger partial charge in [0.1, 0.15) is 6.61 Å². The molecule has 0 aliphatic heterocycles. The van der Waals surface area contributed by atoms with E-state index in [2.05, 4.69) is 0 Å². The van der Waals surface area contributed by atoms with Crippen molar-refractivity contribution >= 4 is 5.97 Å². The molecule has 0 unspecified atom stereocenters. The molecular formula is C14H20O4. The Balaban J connectivity index is 2.12. The molecule has 1 rings (SSSR count). The van der Waals surface area contributed by atoms with Crippen LogP contribution >= 0.6 is 0 Å². The molecular weight excluding hydrogens is 232 g/mol. The van der Waals surface area contributed by atoms with Crippen molar-refractivity contribution in [1.82, 2.24) is 0 Å². The minimum Gasteiger partial charge on any atom is -0.460 e. The van der Waals surface area contributed by atoms with Crippen LogP contribution in [0.3, 0.4) is 0 Å². The summed E-state index contributed by atoms with van der Waals surface area (Å²) in [5, 5.41) is 0. The predicted octanol–water partition coefficient (Wildman–Crippen LogP) is 2.20. The van der Waals surface area contributed by atoms with Gasteiger partial charge in [-0.2, -0.15) is 0 Å². The van der Waals surface area contributed by atoms with E-state index in [1.165, 1.54) is 0 Å². The molecule has 0 spiro atoms. The lowest BCUT2D eigenvalue weighted by atomic mass is 10.1. The van der Waals surface area contributed by atoms with Gasteiger partial charge < -0.3 is 14.2 Å². The monoisotopic (exact) mass is 252 g/mol. The van der Waals surface area contributed by atoms with Crippen LogP contribution < -0.4 is 0 Å². The molecule has 0 radical (unpaired) electrons. The van der Waals surface area contributed by atoms with Crippen molar-refractivity contribution in [3.05, 3.63) is 35.4 Å². The summed E-state index contributed by atoms with van der Waals surface area (Å²) >= 11 is 0. The molecule has 4 heteroatoms. The number of esters is 1. The largest absolute Gasteiger partial charge is 0.460 e. The van der Waals surface area contributed by atoms with Crippen molar-refractivity contribution in [3.63, 3.8) is 0 Å². The molecule has 1 aromatic carbocycles. The van der Waals surface area contributed by atoms with Crippen LogP contribution in [0.2, 0.25) is 0 Å². The van der Waals surface area contributed by atoms with E-state index in [4.69, 9.17) is 14.2 Å². The van der Waals surface area contributed by atoms with E-state index in [1.807, 2.05) is 26.0 Å². The molecule has 0 aromatic heterocycles. The second-order valence-corrected chi connectivity index (χ2v) is 3.81. The van der Waals surface area contributed by atoms with Crippen molar-refractivity contribution in [1.29, 1.82) is 0 Å². The molecule has 0 heterocycles. The maximum absolute atomic E-state index is 11.6. The van der Waals surface area contributed by atoms with Gasteiger partial charge >= 0.3 is 5.97 Å². The Labute approximate surface area is 108 Å². The summed E-state index contributed by atoms with van der Waals surface area (Å²) in [5.74, 6) is -0.316. The molecule has 0 saturated carbocycles. The summed E-state index contributed by atoms with van der Waals surface area (Å²) in [6, 6.07) is 7.28. The van der Waals surface area contributed by atoms with Crippen LogP contribution in [0.4, 0.5) is 0 Å². The van der Waals surface area contributed by atoms with Crippen molar-refractivity contribution in [3.8, 4) is 0 Å². The number of carbonyl (C=O) groups is 1. The highest BCUT2D eigenvalue weighted by Crippen LogP contribution is 2.04. The zero-order valence-corrected chi connectivity index (χ0v) is 11.0. The molecule has 0 aliphatic carbocycles. The lowest BCUT2D eigenvalue weighted by Gasteiger charge is -2.06. The molecule has 100 valence electrons. The van der Waals surface area contributed by atoms with E-state index >= 15 is 0 Å². The van der Waals surface area contributed by atoms with Gasteiger partial charge in [-0.3, -0.25) is 0 Å². The van der Waals surface area contributed by atoms with Gasteiger partial charge in [0, 0.05) is 6.61 Å². The summed E-state index contributed by atoms with van der Waals surface area (Å²) in [4.78, 5) is 11.6. The number of benzene rings is 1. The number of aryl methyl sites for hydroxylation is 1. The lowest BCUT2D eigenvalue weighted by molar-refractivity contribution is 0.0164. The molecule has 0 saturated heterocycles. The molecule has 0 aliphatic rings. The van der Waals surface area contributed by atoms with Gasteiger partial charge in [-0.25, -0.2) is 4.79 Å². The Morgan fingerprint density at radius 2 is 1.61 bits per heavy atom. The maximum Gasteiger partial charge on any atom is 0.338 e. The number of carbonyl (C=O) groups excluding carboxylic acids is 1. The first-order valence-corrected chi connectivity index (χ1v) is 6.13. The van der Waals surface area contributed by atoms with Crippen LogP contribution in [0.5, 0.6) is 0 Å². The average molecular weight is 252 g/mol. The fourth-order valence-corrected chi connectivity index (χ4v) is 1.33. The Kier molecular flexibility index (Phi) is 7.06. The van der Waals surface area contributed by atoms with Gasteiger partial charge in [-0.1, -0.05) is 17.7 Å². The normalized spacial score (nSPS) is 10.3. The molecule has 0 bridgehead atoms. The second kappa shape index (κ2) is 8.66. The first kappa shape index (κ1) is 14.7. The Bertz CT molecular complexity index is 345. The van der Waals surface area contributed by atoms with Crippen LogP contribution in [0.25, 0.3) is 0 Å². The maximum atomic E-state index is 11.6. The van der Waals surface area contributed by atoms with Crippen LogP contribution in [-0.2, 0) is 14.2 Å². The van der Waals surface area contributed by atoms with E-state index in [-0.39, 0.29) is 12.6 Å².